The van der Waals surface area contributed by atoms with Crippen molar-refractivity contribution in [1.82, 2.24) is 34.4 Å². The van der Waals surface area contributed by atoms with Gasteiger partial charge in [0.1, 0.15) is 11.3 Å². The average molecular weight is 543 g/mol. The van der Waals surface area contributed by atoms with Crippen LogP contribution in [0.1, 0.15) is 38.3 Å². The van der Waals surface area contributed by atoms with E-state index in [4.69, 9.17) is 14.5 Å². The number of amides is 1. The van der Waals surface area contributed by atoms with Crippen molar-refractivity contribution in [2.24, 2.45) is 0 Å². The molecule has 1 amide bonds. The fraction of sp³-hybridized carbons (Fsp3) is 0.345. The van der Waals surface area contributed by atoms with Crippen LogP contribution in [0.25, 0.3) is 33.6 Å². The van der Waals surface area contributed by atoms with Gasteiger partial charge >= 0.3 is 6.09 Å². The van der Waals surface area contributed by atoms with Gasteiger partial charge in [0.05, 0.1) is 37.4 Å². The number of ether oxygens (including phenoxy) is 2. The van der Waals surface area contributed by atoms with Gasteiger partial charge in [-0.05, 0) is 56.5 Å². The zero-order valence-corrected chi connectivity index (χ0v) is 23.2. The molecule has 5 rings (SSSR count). The van der Waals surface area contributed by atoms with Crippen LogP contribution in [0.2, 0.25) is 0 Å². The predicted octanol–water partition coefficient (Wildman–Crippen LogP) is 5.18. The molecule has 5 aromatic rings. The molecule has 0 saturated heterocycles. The summed E-state index contributed by atoms with van der Waals surface area (Å²) in [4.78, 5) is 30.7. The van der Waals surface area contributed by atoms with Crippen LogP contribution < -0.4 is 15.4 Å². The zero-order chi connectivity index (χ0) is 28.1. The summed E-state index contributed by atoms with van der Waals surface area (Å²) in [5.41, 5.74) is 5.30. The molecule has 0 atom stereocenters. The van der Waals surface area contributed by atoms with Crippen molar-refractivity contribution < 1.29 is 14.3 Å². The van der Waals surface area contributed by atoms with Crippen molar-refractivity contribution in [3.8, 4) is 17.1 Å². The maximum atomic E-state index is 12.3. The molecule has 0 radical (unpaired) electrons. The number of alkyl carbamates (subject to hydrolysis) is 1. The van der Waals surface area contributed by atoms with Gasteiger partial charge in [0, 0.05) is 31.7 Å². The van der Waals surface area contributed by atoms with E-state index in [1.165, 1.54) is 0 Å². The van der Waals surface area contributed by atoms with Crippen LogP contribution in [0.5, 0.6) is 5.75 Å². The molecule has 0 bridgehead atoms. The van der Waals surface area contributed by atoms with E-state index in [1.807, 2.05) is 54.3 Å². The van der Waals surface area contributed by atoms with Crippen molar-refractivity contribution in [1.29, 1.82) is 0 Å². The summed E-state index contributed by atoms with van der Waals surface area (Å²) in [5, 5.41) is 5.96. The van der Waals surface area contributed by atoms with Crippen molar-refractivity contribution >= 4 is 34.1 Å². The minimum atomic E-state index is -0.431. The maximum absolute atomic E-state index is 12.3. The number of imidazole rings is 2. The van der Waals surface area contributed by atoms with Crippen LogP contribution in [0, 0.1) is 0 Å². The van der Waals surface area contributed by atoms with E-state index in [9.17, 15) is 4.79 Å². The van der Waals surface area contributed by atoms with Crippen LogP contribution in [0.3, 0.4) is 0 Å². The van der Waals surface area contributed by atoms with Gasteiger partial charge < -0.3 is 29.2 Å². The lowest BCUT2D eigenvalue weighted by Gasteiger charge is -2.10. The van der Waals surface area contributed by atoms with Crippen molar-refractivity contribution in [3.63, 3.8) is 0 Å². The molecule has 0 aliphatic rings. The van der Waals surface area contributed by atoms with Crippen molar-refractivity contribution in [3.05, 3.63) is 60.7 Å². The number of rotatable bonds is 11. The summed E-state index contributed by atoms with van der Waals surface area (Å²) in [6.07, 6.45) is 4.69. The fourth-order valence-electron chi connectivity index (χ4n) is 4.54. The van der Waals surface area contributed by atoms with Crippen molar-refractivity contribution in [2.75, 3.05) is 26.1 Å². The number of nitrogens with one attached hydrogen (secondary N) is 2. The van der Waals surface area contributed by atoms with E-state index in [-0.39, 0.29) is 0 Å². The Kier molecular flexibility index (Phi) is 8.09. The van der Waals surface area contributed by atoms with Crippen LogP contribution in [0.4, 0.5) is 10.6 Å². The number of fused-ring (bicyclic) bond motifs is 2. The van der Waals surface area contributed by atoms with Crippen LogP contribution in [0.15, 0.2) is 55.1 Å². The number of aryl methyl sites for hydroxylation is 1. The lowest BCUT2D eigenvalue weighted by molar-refractivity contribution is 0.143. The highest BCUT2D eigenvalue weighted by Crippen LogP contribution is 2.26. The number of hydrogen-bond acceptors (Lipinski definition) is 8. The monoisotopic (exact) mass is 542 g/mol. The van der Waals surface area contributed by atoms with E-state index in [0.29, 0.717) is 49.3 Å². The number of aromatic nitrogens is 6. The molecule has 11 nitrogen and oxygen atoms in total. The van der Waals surface area contributed by atoms with E-state index in [2.05, 4.69) is 50.1 Å². The molecule has 40 heavy (non-hydrogen) atoms. The van der Waals surface area contributed by atoms with Gasteiger partial charge in [-0.25, -0.2) is 24.7 Å². The number of nitrogens with zero attached hydrogens (tertiary/aromatic N) is 6. The Balaban J connectivity index is 1.14. The fourth-order valence-corrected chi connectivity index (χ4v) is 4.54. The number of methoxy groups -OCH3 is 1. The Bertz CT molecular complexity index is 1620. The third-order valence-corrected chi connectivity index (χ3v) is 6.69. The largest absolute Gasteiger partial charge is 0.497 e. The third kappa shape index (κ3) is 5.83. The number of hydrogen-bond donors (Lipinski definition) is 2. The van der Waals surface area contributed by atoms with E-state index >= 15 is 0 Å². The molecular formula is C29H34N8O3. The molecule has 0 aliphatic heterocycles. The van der Waals surface area contributed by atoms with E-state index < -0.39 is 6.09 Å². The highest BCUT2D eigenvalue weighted by Gasteiger charge is 2.14. The second-order valence-corrected chi connectivity index (χ2v) is 9.75. The Morgan fingerprint density at radius 2 is 1.93 bits per heavy atom. The summed E-state index contributed by atoms with van der Waals surface area (Å²) >= 11 is 0. The van der Waals surface area contributed by atoms with Crippen LogP contribution >= 0.6 is 0 Å². The first-order valence-corrected chi connectivity index (χ1v) is 13.4. The number of carbonyl (C=O) groups excluding carboxylic acids is 1. The molecule has 3 heterocycles. The number of benzene rings is 2. The van der Waals surface area contributed by atoms with Crippen LogP contribution in [-0.2, 0) is 17.8 Å². The van der Waals surface area contributed by atoms with E-state index in [1.54, 1.807) is 13.4 Å². The summed E-state index contributed by atoms with van der Waals surface area (Å²) in [6, 6.07) is 14.0. The predicted molar refractivity (Wildman–Crippen MR) is 154 cm³/mol. The molecule has 3 aromatic heterocycles. The molecule has 0 spiro atoms. The maximum Gasteiger partial charge on any atom is 0.407 e. The average Bonchev–Trinajstić information content (AvgIpc) is 3.59. The zero-order valence-electron chi connectivity index (χ0n) is 23.2. The van der Waals surface area contributed by atoms with Gasteiger partial charge in [0.2, 0.25) is 0 Å². The lowest BCUT2D eigenvalue weighted by Crippen LogP contribution is -2.24. The molecule has 208 valence electrons. The van der Waals surface area contributed by atoms with Gasteiger partial charge in [-0.1, -0.05) is 18.2 Å². The molecular weight excluding hydrogens is 508 g/mol. The lowest BCUT2D eigenvalue weighted by atomic mass is 10.2. The quantitative estimate of drug-likeness (QED) is 0.219. The van der Waals surface area contributed by atoms with Crippen molar-refractivity contribution in [2.45, 2.75) is 45.8 Å². The highest BCUT2D eigenvalue weighted by molar-refractivity contribution is 5.85. The van der Waals surface area contributed by atoms with Gasteiger partial charge in [0.15, 0.2) is 17.3 Å². The van der Waals surface area contributed by atoms with Gasteiger partial charge in [-0.15, -0.1) is 0 Å². The summed E-state index contributed by atoms with van der Waals surface area (Å²) in [7, 11) is 3.45. The molecule has 11 heteroatoms. The standard InChI is InChI=1S/C29H34N8O3/c1-19(2)37-18-32-23-11-10-20(14-24(23)37)16-31-29(38)40-13-6-5-12-36-17-33-25-27(30-3)34-26(35-28(25)36)21-8-7-9-22(15-21)39-4/h7-11,14-15,17-19H,5-6,12-13,16H2,1-4H3,(H,31,38)(H,30,34,35). The smallest absolute Gasteiger partial charge is 0.407 e. The van der Waals surface area contributed by atoms with E-state index in [0.717, 1.165) is 40.0 Å². The minimum absolute atomic E-state index is 0.311. The summed E-state index contributed by atoms with van der Waals surface area (Å²) in [5.74, 6) is 1.99. The normalized spacial score (nSPS) is 11.3. The molecule has 0 fully saturated rings. The Morgan fingerprint density at radius 1 is 1.05 bits per heavy atom. The third-order valence-electron chi connectivity index (χ3n) is 6.69. The topological polar surface area (TPSA) is 121 Å². The Hall–Kier alpha value is -4.67. The Labute approximate surface area is 232 Å². The van der Waals surface area contributed by atoms with Gasteiger partial charge in [-0.2, -0.15) is 0 Å². The first kappa shape index (κ1) is 26.9. The SMILES string of the molecule is CNc1nc(-c2cccc(OC)c2)nc2c1ncn2CCCCOC(=O)NCc1ccc2ncn(C(C)C)c2c1. The molecule has 0 aliphatic carbocycles. The second kappa shape index (κ2) is 12.0. The molecule has 0 unspecified atom stereocenters. The number of anilines is 1. The van der Waals surface area contributed by atoms with Crippen LogP contribution in [-0.4, -0.2) is 55.9 Å². The first-order valence-electron chi connectivity index (χ1n) is 13.4. The highest BCUT2D eigenvalue weighted by atomic mass is 16.5. The second-order valence-electron chi connectivity index (χ2n) is 9.75. The summed E-state index contributed by atoms with van der Waals surface area (Å²) < 4.78 is 14.9. The van der Waals surface area contributed by atoms with Gasteiger partial charge in [0.25, 0.3) is 0 Å². The molecule has 0 saturated carbocycles. The minimum Gasteiger partial charge on any atom is -0.497 e. The summed E-state index contributed by atoms with van der Waals surface area (Å²) in [6.45, 7) is 5.63. The molecule has 2 aromatic carbocycles. The Morgan fingerprint density at radius 3 is 2.73 bits per heavy atom. The molecule has 2 N–H and O–H groups in total. The van der Waals surface area contributed by atoms with Gasteiger partial charge in [-0.3, -0.25) is 0 Å². The number of carbonyl (C=O) groups is 1. The number of unbranched alkanes of at least 4 members (excludes halogenated alkanes) is 1. The first-order chi connectivity index (χ1) is 19.5.